The predicted octanol–water partition coefficient (Wildman–Crippen LogP) is 3.60. The smallest absolute Gasteiger partial charge is 0.191 e. The van der Waals surface area contributed by atoms with Gasteiger partial charge in [0.1, 0.15) is 0 Å². The molecule has 0 bridgehead atoms. The first-order valence-corrected chi connectivity index (χ1v) is 8.67. The molecule has 132 valence electrons. The van der Waals surface area contributed by atoms with E-state index in [2.05, 4.69) is 77.3 Å². The van der Waals surface area contributed by atoms with Gasteiger partial charge in [-0.1, -0.05) is 24.3 Å². The average molecular weight is 458 g/mol. The molecule has 0 aliphatic carbocycles. The first-order chi connectivity index (χ1) is 11.1. The summed E-state index contributed by atoms with van der Waals surface area (Å²) in [6.07, 6.45) is 0. The standard InChI is InChI=1S/C18H26N4S.HI/c1-14-9-10-23-17(14)12-21-18(19-2)20-11-15-7-5-6-8-16(15)13-22(3)4;/h5-10H,11-13H2,1-4H3,(H2,19,20,21);1H. The van der Waals surface area contributed by atoms with Crippen molar-refractivity contribution in [2.24, 2.45) is 4.99 Å². The van der Waals surface area contributed by atoms with Crippen molar-refractivity contribution in [1.29, 1.82) is 0 Å². The number of guanidine groups is 1. The van der Waals surface area contributed by atoms with Crippen LogP contribution >= 0.6 is 35.3 Å². The molecular weight excluding hydrogens is 431 g/mol. The van der Waals surface area contributed by atoms with Crippen LogP contribution in [0.25, 0.3) is 0 Å². The minimum Gasteiger partial charge on any atom is -0.352 e. The van der Waals surface area contributed by atoms with Gasteiger partial charge in [0.25, 0.3) is 0 Å². The van der Waals surface area contributed by atoms with Gasteiger partial charge >= 0.3 is 0 Å². The van der Waals surface area contributed by atoms with Crippen molar-refractivity contribution in [3.8, 4) is 0 Å². The SMILES string of the molecule is CN=C(NCc1ccccc1CN(C)C)NCc1sccc1C.I. The van der Waals surface area contributed by atoms with E-state index in [-0.39, 0.29) is 24.0 Å². The van der Waals surface area contributed by atoms with Crippen LogP contribution < -0.4 is 10.6 Å². The lowest BCUT2D eigenvalue weighted by Crippen LogP contribution is -2.36. The van der Waals surface area contributed by atoms with Crippen molar-refractivity contribution in [3.63, 3.8) is 0 Å². The number of nitrogens with zero attached hydrogens (tertiary/aromatic N) is 2. The third kappa shape index (κ3) is 6.41. The Hall–Kier alpha value is -1.12. The highest BCUT2D eigenvalue weighted by molar-refractivity contribution is 14.0. The first-order valence-electron chi connectivity index (χ1n) is 7.79. The second-order valence-electron chi connectivity index (χ2n) is 5.81. The van der Waals surface area contributed by atoms with Gasteiger partial charge in [0, 0.05) is 25.0 Å². The molecule has 0 saturated heterocycles. The zero-order chi connectivity index (χ0) is 16.7. The van der Waals surface area contributed by atoms with Crippen molar-refractivity contribution >= 4 is 41.3 Å². The summed E-state index contributed by atoms with van der Waals surface area (Å²) >= 11 is 1.77. The summed E-state index contributed by atoms with van der Waals surface area (Å²) in [4.78, 5) is 7.85. The lowest BCUT2D eigenvalue weighted by molar-refractivity contribution is 0.400. The molecule has 0 saturated carbocycles. The molecule has 1 aromatic heterocycles. The molecule has 0 atom stereocenters. The quantitative estimate of drug-likeness (QED) is 0.395. The van der Waals surface area contributed by atoms with E-state index < -0.39 is 0 Å². The molecule has 2 N–H and O–H groups in total. The van der Waals surface area contributed by atoms with Gasteiger partial charge in [-0.05, 0) is 49.2 Å². The summed E-state index contributed by atoms with van der Waals surface area (Å²) < 4.78 is 0. The third-order valence-corrected chi connectivity index (χ3v) is 4.68. The molecule has 1 heterocycles. The zero-order valence-electron chi connectivity index (χ0n) is 14.8. The number of nitrogens with one attached hydrogen (secondary N) is 2. The Morgan fingerprint density at radius 2 is 1.75 bits per heavy atom. The van der Waals surface area contributed by atoms with E-state index in [0.717, 1.165) is 25.6 Å². The fourth-order valence-corrected chi connectivity index (χ4v) is 3.22. The summed E-state index contributed by atoms with van der Waals surface area (Å²) in [6, 6.07) is 10.7. The summed E-state index contributed by atoms with van der Waals surface area (Å²) in [5.74, 6) is 0.831. The molecule has 0 spiro atoms. The Morgan fingerprint density at radius 1 is 1.08 bits per heavy atom. The average Bonchev–Trinajstić information content (AvgIpc) is 2.93. The van der Waals surface area contributed by atoms with E-state index in [9.17, 15) is 0 Å². The number of thiophene rings is 1. The Labute approximate surface area is 166 Å². The number of aliphatic imine (C=N–C) groups is 1. The Bertz CT molecular complexity index is 652. The summed E-state index contributed by atoms with van der Waals surface area (Å²) in [6.45, 7) is 4.66. The number of halogens is 1. The van der Waals surface area contributed by atoms with E-state index in [1.54, 1.807) is 11.3 Å². The maximum atomic E-state index is 4.31. The van der Waals surface area contributed by atoms with E-state index in [0.29, 0.717) is 0 Å². The molecule has 2 rings (SSSR count). The van der Waals surface area contributed by atoms with Gasteiger partial charge in [-0.3, -0.25) is 4.99 Å². The second kappa shape index (κ2) is 10.7. The van der Waals surface area contributed by atoms with Gasteiger partial charge in [-0.25, -0.2) is 0 Å². The molecule has 2 aromatic rings. The van der Waals surface area contributed by atoms with Crippen LogP contribution in [0.4, 0.5) is 0 Å². The van der Waals surface area contributed by atoms with Crippen LogP contribution in [-0.2, 0) is 19.6 Å². The van der Waals surface area contributed by atoms with Crippen LogP contribution in [0.3, 0.4) is 0 Å². The number of rotatable bonds is 6. The van der Waals surface area contributed by atoms with Crippen LogP contribution in [0.5, 0.6) is 0 Å². The molecule has 0 aliphatic rings. The summed E-state index contributed by atoms with van der Waals surface area (Å²) in [7, 11) is 5.99. The maximum Gasteiger partial charge on any atom is 0.191 e. The first kappa shape index (κ1) is 20.9. The number of aryl methyl sites for hydroxylation is 1. The minimum absolute atomic E-state index is 0. The van der Waals surface area contributed by atoms with Crippen LogP contribution in [0.1, 0.15) is 21.6 Å². The van der Waals surface area contributed by atoms with Gasteiger partial charge in [0.2, 0.25) is 0 Å². The largest absolute Gasteiger partial charge is 0.352 e. The van der Waals surface area contributed by atoms with E-state index in [1.807, 2.05) is 7.05 Å². The van der Waals surface area contributed by atoms with Gasteiger partial charge < -0.3 is 15.5 Å². The highest BCUT2D eigenvalue weighted by Gasteiger charge is 2.05. The Morgan fingerprint density at radius 3 is 2.33 bits per heavy atom. The molecule has 0 amide bonds. The Balaban J connectivity index is 0.00000288. The monoisotopic (exact) mass is 458 g/mol. The van der Waals surface area contributed by atoms with Gasteiger partial charge in [0.05, 0.1) is 6.54 Å². The minimum atomic E-state index is 0. The number of benzene rings is 1. The van der Waals surface area contributed by atoms with Crippen LogP contribution in [0.15, 0.2) is 40.7 Å². The molecule has 0 fully saturated rings. The van der Waals surface area contributed by atoms with Crippen molar-refractivity contribution in [2.45, 2.75) is 26.6 Å². The fraction of sp³-hybridized carbons (Fsp3) is 0.389. The third-order valence-electron chi connectivity index (χ3n) is 3.66. The van der Waals surface area contributed by atoms with Crippen molar-refractivity contribution in [2.75, 3.05) is 21.1 Å². The molecule has 0 aliphatic heterocycles. The highest BCUT2D eigenvalue weighted by Crippen LogP contribution is 2.14. The number of hydrogen-bond acceptors (Lipinski definition) is 3. The molecule has 24 heavy (non-hydrogen) atoms. The van der Waals surface area contributed by atoms with E-state index in [4.69, 9.17) is 0 Å². The van der Waals surface area contributed by atoms with Crippen molar-refractivity contribution in [1.82, 2.24) is 15.5 Å². The number of hydrogen-bond donors (Lipinski definition) is 2. The molecule has 1 aromatic carbocycles. The molecule has 0 radical (unpaired) electrons. The predicted molar refractivity (Wildman–Crippen MR) is 115 cm³/mol. The molecule has 6 heteroatoms. The van der Waals surface area contributed by atoms with Gasteiger partial charge in [0.15, 0.2) is 5.96 Å². The molecule has 0 unspecified atom stereocenters. The van der Waals surface area contributed by atoms with Gasteiger partial charge in [-0.15, -0.1) is 35.3 Å². The van der Waals surface area contributed by atoms with E-state index >= 15 is 0 Å². The fourth-order valence-electron chi connectivity index (χ4n) is 2.37. The lowest BCUT2D eigenvalue weighted by Gasteiger charge is -2.16. The maximum absolute atomic E-state index is 4.31. The van der Waals surface area contributed by atoms with Crippen LogP contribution in [0, 0.1) is 6.92 Å². The van der Waals surface area contributed by atoms with Crippen LogP contribution in [0.2, 0.25) is 0 Å². The zero-order valence-corrected chi connectivity index (χ0v) is 17.9. The van der Waals surface area contributed by atoms with Crippen LogP contribution in [-0.4, -0.2) is 32.0 Å². The normalized spacial score (nSPS) is 11.3. The molecule has 4 nitrogen and oxygen atoms in total. The van der Waals surface area contributed by atoms with E-state index in [1.165, 1.54) is 21.6 Å². The van der Waals surface area contributed by atoms with Crippen molar-refractivity contribution < 1.29 is 0 Å². The van der Waals surface area contributed by atoms with Crippen molar-refractivity contribution in [3.05, 3.63) is 57.3 Å². The summed E-state index contributed by atoms with van der Waals surface area (Å²) in [5, 5.41) is 8.91. The van der Waals surface area contributed by atoms with Gasteiger partial charge in [-0.2, -0.15) is 0 Å². The lowest BCUT2D eigenvalue weighted by atomic mass is 10.1. The highest BCUT2D eigenvalue weighted by atomic mass is 127. The topological polar surface area (TPSA) is 39.7 Å². The Kier molecular flexibility index (Phi) is 9.31. The molecular formula is C18H27IN4S. The summed E-state index contributed by atoms with van der Waals surface area (Å²) in [5.41, 5.74) is 3.97. The second-order valence-corrected chi connectivity index (χ2v) is 6.81.